The van der Waals surface area contributed by atoms with Crippen molar-refractivity contribution in [1.82, 2.24) is 10.3 Å². The molecule has 4 rings (SSSR count). The molecule has 10 heteroatoms. The molecule has 0 radical (unpaired) electrons. The van der Waals surface area contributed by atoms with Crippen molar-refractivity contribution < 1.29 is 32.5 Å². The maximum atomic E-state index is 12.7. The Morgan fingerprint density at radius 3 is 2.44 bits per heavy atom. The Labute approximate surface area is 192 Å². The van der Waals surface area contributed by atoms with Gasteiger partial charge in [-0.2, -0.15) is 13.2 Å². The Morgan fingerprint density at radius 1 is 1.15 bits per heavy atom. The minimum absolute atomic E-state index is 0.110. The molecule has 1 heterocycles. The van der Waals surface area contributed by atoms with Crippen molar-refractivity contribution in [3.05, 3.63) is 75.6 Å². The number of carbonyl (C=O) groups excluding carboxylic acids is 1. The molecule has 1 aliphatic rings. The predicted molar refractivity (Wildman–Crippen MR) is 118 cm³/mol. The number of rotatable bonds is 7. The number of hydrogen-bond acceptors (Lipinski definition) is 6. The summed E-state index contributed by atoms with van der Waals surface area (Å²) in [6, 6.07) is 13.1. The first-order chi connectivity index (χ1) is 16.1. The number of ether oxygens (including phenoxy) is 2. The standard InChI is InChI=1S/C24H23F3N2O5/c1-33-13-23(10-14-4-2-3-5-15(14)11-23)28-12-18(30)16-6-8-19(34-22(32)24(25,26)27)21-17(16)7-9-20(31)29-21/h2-9,18,28,30H,10-13H2,1H3,(H,29,31)/t18-/m0/s1. The van der Waals surface area contributed by atoms with E-state index in [4.69, 9.17) is 4.74 Å². The molecular weight excluding hydrogens is 453 g/mol. The van der Waals surface area contributed by atoms with Crippen molar-refractivity contribution >= 4 is 16.9 Å². The second-order valence-electron chi connectivity index (χ2n) is 8.38. The van der Waals surface area contributed by atoms with Crippen LogP contribution in [-0.4, -0.2) is 48.0 Å². The largest absolute Gasteiger partial charge is 0.491 e. The molecule has 3 N–H and O–H groups in total. The molecule has 0 unspecified atom stereocenters. The van der Waals surface area contributed by atoms with Crippen LogP contribution >= 0.6 is 0 Å². The van der Waals surface area contributed by atoms with Crippen LogP contribution in [0, 0.1) is 0 Å². The Morgan fingerprint density at radius 2 is 1.82 bits per heavy atom. The monoisotopic (exact) mass is 476 g/mol. The van der Waals surface area contributed by atoms with Gasteiger partial charge in [0.05, 0.1) is 18.2 Å². The third-order valence-corrected chi connectivity index (χ3v) is 5.95. The third-order valence-electron chi connectivity index (χ3n) is 5.95. The lowest BCUT2D eigenvalue weighted by Crippen LogP contribution is -2.51. The zero-order valence-corrected chi connectivity index (χ0v) is 18.2. The fourth-order valence-corrected chi connectivity index (χ4v) is 4.45. The van der Waals surface area contributed by atoms with E-state index in [0.29, 0.717) is 25.0 Å². The van der Waals surface area contributed by atoms with Crippen LogP contribution in [0.1, 0.15) is 22.8 Å². The highest BCUT2D eigenvalue weighted by atomic mass is 19.4. The van der Waals surface area contributed by atoms with Gasteiger partial charge in [-0.25, -0.2) is 4.79 Å². The number of carbonyl (C=O) groups is 1. The quantitative estimate of drug-likeness (QED) is 0.358. The first kappa shape index (κ1) is 23.9. The number of methoxy groups -OCH3 is 1. The Balaban J connectivity index is 1.59. The predicted octanol–water partition coefficient (Wildman–Crippen LogP) is 2.80. The highest BCUT2D eigenvalue weighted by molar-refractivity contribution is 5.90. The van der Waals surface area contributed by atoms with Crippen molar-refractivity contribution in [2.45, 2.75) is 30.7 Å². The van der Waals surface area contributed by atoms with Gasteiger partial charge in [0, 0.05) is 30.6 Å². The number of fused-ring (bicyclic) bond motifs is 2. The van der Waals surface area contributed by atoms with E-state index < -0.39 is 35.1 Å². The molecule has 0 amide bonds. The van der Waals surface area contributed by atoms with Crippen LogP contribution in [0.15, 0.2) is 53.3 Å². The molecule has 0 aliphatic heterocycles. The smallest absolute Gasteiger partial charge is 0.418 e. The van der Waals surface area contributed by atoms with Gasteiger partial charge in [0.15, 0.2) is 5.75 Å². The molecule has 0 fully saturated rings. The van der Waals surface area contributed by atoms with Gasteiger partial charge in [0.2, 0.25) is 5.56 Å². The summed E-state index contributed by atoms with van der Waals surface area (Å²) in [6.07, 6.45) is -4.84. The summed E-state index contributed by atoms with van der Waals surface area (Å²) in [5.74, 6) is -2.86. The van der Waals surface area contributed by atoms with Crippen LogP contribution in [0.25, 0.3) is 10.9 Å². The van der Waals surface area contributed by atoms with E-state index in [1.807, 2.05) is 12.1 Å². The lowest BCUT2D eigenvalue weighted by Gasteiger charge is -2.31. The summed E-state index contributed by atoms with van der Waals surface area (Å²) in [5, 5.41) is 14.6. The maximum absolute atomic E-state index is 12.7. The number of aromatic nitrogens is 1. The Hall–Kier alpha value is -3.21. The van der Waals surface area contributed by atoms with Gasteiger partial charge < -0.3 is 24.9 Å². The fraction of sp³-hybridized carbons (Fsp3) is 0.333. The van der Waals surface area contributed by atoms with Crippen LogP contribution in [0.2, 0.25) is 0 Å². The molecule has 1 aliphatic carbocycles. The molecule has 7 nitrogen and oxygen atoms in total. The number of alkyl halides is 3. The van der Waals surface area contributed by atoms with E-state index in [1.165, 1.54) is 29.3 Å². The molecule has 0 saturated carbocycles. The molecule has 34 heavy (non-hydrogen) atoms. The molecule has 0 saturated heterocycles. The molecule has 1 atom stereocenters. The van der Waals surface area contributed by atoms with Crippen LogP contribution in [0.5, 0.6) is 5.75 Å². The number of benzene rings is 2. The minimum atomic E-state index is -5.20. The number of nitrogens with one attached hydrogen (secondary N) is 2. The number of hydrogen-bond donors (Lipinski definition) is 3. The van der Waals surface area contributed by atoms with E-state index in [0.717, 1.165) is 6.07 Å². The fourth-order valence-electron chi connectivity index (χ4n) is 4.45. The van der Waals surface area contributed by atoms with Gasteiger partial charge in [-0.3, -0.25) is 4.79 Å². The summed E-state index contributed by atoms with van der Waals surface area (Å²) in [6.45, 7) is 0.530. The lowest BCUT2D eigenvalue weighted by atomic mass is 9.95. The third kappa shape index (κ3) is 4.84. The summed E-state index contributed by atoms with van der Waals surface area (Å²) in [4.78, 5) is 25.5. The Bertz CT molecular complexity index is 1250. The van der Waals surface area contributed by atoms with Crippen LogP contribution in [-0.2, 0) is 22.4 Å². The second-order valence-corrected chi connectivity index (χ2v) is 8.38. The zero-order chi connectivity index (χ0) is 24.5. The van der Waals surface area contributed by atoms with E-state index in [1.54, 1.807) is 7.11 Å². The van der Waals surface area contributed by atoms with Gasteiger partial charge in [0.1, 0.15) is 0 Å². The van der Waals surface area contributed by atoms with E-state index in [2.05, 4.69) is 27.2 Å². The van der Waals surface area contributed by atoms with Crippen LogP contribution in [0.3, 0.4) is 0 Å². The number of pyridine rings is 1. The summed E-state index contributed by atoms with van der Waals surface area (Å²) in [5.41, 5.74) is 1.62. The number of esters is 1. The Kier molecular flexibility index (Phi) is 6.48. The SMILES string of the molecule is COCC1(NC[C@H](O)c2ccc(OC(=O)C(F)(F)F)c3[nH]c(=O)ccc23)Cc2ccccc2C1. The van der Waals surface area contributed by atoms with E-state index in [9.17, 15) is 27.9 Å². The van der Waals surface area contributed by atoms with Crippen LogP contribution in [0.4, 0.5) is 13.2 Å². The van der Waals surface area contributed by atoms with Crippen LogP contribution < -0.4 is 15.6 Å². The average Bonchev–Trinajstić information content (AvgIpc) is 3.15. The molecule has 1 aromatic heterocycles. The molecule has 3 aromatic rings. The maximum Gasteiger partial charge on any atom is 0.491 e. The van der Waals surface area contributed by atoms with Crippen molar-refractivity contribution in [2.75, 3.05) is 20.3 Å². The number of aliphatic hydroxyl groups is 1. The molecule has 2 aromatic carbocycles. The topological polar surface area (TPSA) is 101 Å². The van der Waals surface area contributed by atoms with Crippen molar-refractivity contribution in [3.63, 3.8) is 0 Å². The van der Waals surface area contributed by atoms with Crippen molar-refractivity contribution in [3.8, 4) is 5.75 Å². The first-order valence-corrected chi connectivity index (χ1v) is 10.6. The van der Waals surface area contributed by atoms with E-state index >= 15 is 0 Å². The summed E-state index contributed by atoms with van der Waals surface area (Å²) in [7, 11) is 1.60. The van der Waals surface area contributed by atoms with Crippen molar-refractivity contribution in [1.29, 1.82) is 0 Å². The van der Waals surface area contributed by atoms with E-state index in [-0.39, 0.29) is 17.4 Å². The number of β-amino-alcohol motifs (C(OH)–C–C–N with tert-alkyl or cyclic N) is 1. The minimum Gasteiger partial charge on any atom is -0.418 e. The van der Waals surface area contributed by atoms with Gasteiger partial charge in [-0.15, -0.1) is 0 Å². The van der Waals surface area contributed by atoms with Gasteiger partial charge >= 0.3 is 12.1 Å². The zero-order valence-electron chi connectivity index (χ0n) is 18.2. The van der Waals surface area contributed by atoms with Gasteiger partial charge in [-0.1, -0.05) is 30.3 Å². The number of H-pyrrole nitrogens is 1. The molecule has 0 spiro atoms. The van der Waals surface area contributed by atoms with Gasteiger partial charge in [0.25, 0.3) is 0 Å². The molecule has 180 valence electrons. The molecule has 0 bridgehead atoms. The summed E-state index contributed by atoms with van der Waals surface area (Å²) < 4.78 is 47.9. The molecular formula is C24H23F3N2O5. The normalized spacial score (nSPS) is 15.8. The second kappa shape index (κ2) is 9.21. The number of aromatic amines is 1. The number of halogens is 3. The lowest BCUT2D eigenvalue weighted by molar-refractivity contribution is -0.189. The summed E-state index contributed by atoms with van der Waals surface area (Å²) >= 11 is 0. The van der Waals surface area contributed by atoms with Crippen molar-refractivity contribution in [2.24, 2.45) is 0 Å². The van der Waals surface area contributed by atoms with Gasteiger partial charge in [-0.05, 0) is 41.7 Å². The first-order valence-electron chi connectivity index (χ1n) is 10.6. The highest BCUT2D eigenvalue weighted by Gasteiger charge is 2.42. The highest BCUT2D eigenvalue weighted by Crippen LogP contribution is 2.33. The average molecular weight is 476 g/mol. The number of aliphatic hydroxyl groups excluding tert-OH is 1.